The van der Waals surface area contributed by atoms with Crippen LogP contribution < -0.4 is 10.6 Å². The molecular formula is C13H19F2N3O. The van der Waals surface area contributed by atoms with E-state index in [0.29, 0.717) is 13.1 Å². The number of nitrogens with one attached hydrogen (secondary N) is 2. The third kappa shape index (κ3) is 3.32. The van der Waals surface area contributed by atoms with Crippen molar-refractivity contribution in [2.75, 3.05) is 30.3 Å². The van der Waals surface area contributed by atoms with E-state index < -0.39 is 11.6 Å². The predicted octanol–water partition coefficient (Wildman–Crippen LogP) is 2.37. The van der Waals surface area contributed by atoms with Crippen LogP contribution in [-0.4, -0.2) is 29.8 Å². The number of halogens is 2. The molecule has 1 saturated carbocycles. The summed E-state index contributed by atoms with van der Waals surface area (Å²) in [5.41, 5.74) is -0.153. The van der Waals surface area contributed by atoms with Crippen LogP contribution in [0.15, 0.2) is 6.07 Å². The Balaban J connectivity index is 2.06. The minimum Gasteiger partial charge on any atom is -0.396 e. The van der Waals surface area contributed by atoms with Gasteiger partial charge in [0.1, 0.15) is 0 Å². The second-order valence-electron chi connectivity index (χ2n) is 5.09. The van der Waals surface area contributed by atoms with Gasteiger partial charge in [0.05, 0.1) is 6.61 Å². The molecule has 6 heteroatoms. The van der Waals surface area contributed by atoms with E-state index in [1.54, 1.807) is 0 Å². The summed E-state index contributed by atoms with van der Waals surface area (Å²) in [5.74, 6) is -1.33. The Kier molecular flexibility index (Phi) is 4.19. The highest BCUT2D eigenvalue weighted by molar-refractivity contribution is 5.47. The number of aliphatic hydroxyl groups is 1. The second kappa shape index (κ2) is 5.69. The number of anilines is 2. The molecule has 0 aromatic carbocycles. The van der Waals surface area contributed by atoms with Crippen LogP contribution in [0.5, 0.6) is 0 Å². The van der Waals surface area contributed by atoms with Gasteiger partial charge in [0.15, 0.2) is 23.3 Å². The lowest BCUT2D eigenvalue weighted by molar-refractivity contribution is 0.219. The minimum atomic E-state index is -0.715. The molecule has 0 saturated heterocycles. The van der Waals surface area contributed by atoms with Crippen LogP contribution in [0.1, 0.15) is 26.2 Å². The Morgan fingerprint density at radius 2 is 1.89 bits per heavy atom. The first-order valence-corrected chi connectivity index (χ1v) is 6.55. The van der Waals surface area contributed by atoms with Crippen molar-refractivity contribution in [1.82, 2.24) is 4.98 Å². The maximum absolute atomic E-state index is 13.6. The summed E-state index contributed by atoms with van der Waals surface area (Å²) in [6, 6.07) is 0.825. The summed E-state index contributed by atoms with van der Waals surface area (Å²) in [6.07, 6.45) is 2.66. The number of hydrogen-bond acceptors (Lipinski definition) is 4. The molecule has 1 aromatic heterocycles. The molecule has 19 heavy (non-hydrogen) atoms. The van der Waals surface area contributed by atoms with Crippen LogP contribution in [0.3, 0.4) is 0 Å². The fourth-order valence-corrected chi connectivity index (χ4v) is 1.80. The Morgan fingerprint density at radius 3 is 2.42 bits per heavy atom. The number of aromatic nitrogens is 1. The molecule has 0 atom stereocenters. The minimum absolute atomic E-state index is 0.0275. The molecule has 1 fully saturated rings. The number of aliphatic hydroxyl groups excluding tert-OH is 1. The summed E-state index contributed by atoms with van der Waals surface area (Å²) in [7, 11) is 0. The molecule has 1 heterocycles. The molecule has 1 aliphatic carbocycles. The van der Waals surface area contributed by atoms with E-state index in [4.69, 9.17) is 0 Å². The lowest BCUT2D eigenvalue weighted by atomic mass is 10.1. The van der Waals surface area contributed by atoms with Crippen molar-refractivity contribution < 1.29 is 13.9 Å². The van der Waals surface area contributed by atoms with E-state index in [2.05, 4.69) is 15.6 Å². The molecule has 3 N–H and O–H groups in total. The van der Waals surface area contributed by atoms with Gasteiger partial charge in [0.2, 0.25) is 0 Å². The van der Waals surface area contributed by atoms with Gasteiger partial charge in [-0.25, -0.2) is 13.8 Å². The third-order valence-electron chi connectivity index (χ3n) is 3.40. The first-order chi connectivity index (χ1) is 9.10. The lowest BCUT2D eigenvalue weighted by Crippen LogP contribution is -2.20. The van der Waals surface area contributed by atoms with Crippen LogP contribution in [0.4, 0.5) is 20.4 Å². The predicted molar refractivity (Wildman–Crippen MR) is 70.2 cm³/mol. The van der Waals surface area contributed by atoms with Gasteiger partial charge in [-0.15, -0.1) is 0 Å². The first kappa shape index (κ1) is 14.0. The van der Waals surface area contributed by atoms with Crippen LogP contribution >= 0.6 is 0 Å². The summed E-state index contributed by atoms with van der Waals surface area (Å²) in [4.78, 5) is 3.92. The summed E-state index contributed by atoms with van der Waals surface area (Å²) >= 11 is 0. The molecule has 0 radical (unpaired) electrons. The lowest BCUT2D eigenvalue weighted by Gasteiger charge is -2.15. The van der Waals surface area contributed by atoms with E-state index in [1.807, 2.05) is 6.92 Å². The Labute approximate surface area is 111 Å². The fraction of sp³-hybridized carbons (Fsp3) is 0.615. The van der Waals surface area contributed by atoms with E-state index in [0.717, 1.165) is 25.3 Å². The van der Waals surface area contributed by atoms with Crippen molar-refractivity contribution in [1.29, 1.82) is 0 Å². The van der Waals surface area contributed by atoms with Crippen molar-refractivity contribution in [2.24, 2.45) is 5.41 Å². The monoisotopic (exact) mass is 271 g/mol. The normalized spacial score (nSPS) is 16.2. The van der Waals surface area contributed by atoms with Gasteiger partial charge >= 0.3 is 0 Å². The van der Waals surface area contributed by atoms with Crippen LogP contribution in [0.25, 0.3) is 0 Å². The molecule has 0 bridgehead atoms. The molecule has 2 rings (SSSR count). The maximum atomic E-state index is 13.6. The first-order valence-electron chi connectivity index (χ1n) is 6.55. The summed E-state index contributed by atoms with van der Waals surface area (Å²) in [6.45, 7) is 3.05. The molecule has 0 aliphatic heterocycles. The molecule has 0 amide bonds. The molecule has 0 spiro atoms. The molecule has 106 valence electrons. The molecule has 4 nitrogen and oxygen atoms in total. The van der Waals surface area contributed by atoms with Gasteiger partial charge < -0.3 is 15.7 Å². The van der Waals surface area contributed by atoms with Crippen molar-refractivity contribution in [2.45, 2.75) is 26.2 Å². The van der Waals surface area contributed by atoms with Gasteiger partial charge in [-0.1, -0.05) is 6.92 Å². The van der Waals surface area contributed by atoms with Crippen molar-refractivity contribution in [3.8, 4) is 0 Å². The van der Waals surface area contributed by atoms with Crippen molar-refractivity contribution >= 4 is 11.6 Å². The largest absolute Gasteiger partial charge is 0.396 e. The number of rotatable bonds is 7. The SMILES string of the molecule is CCCNc1nc(NCC2(CO)CC2)c(F)cc1F. The fourth-order valence-electron chi connectivity index (χ4n) is 1.80. The van der Waals surface area contributed by atoms with Gasteiger partial charge in [0, 0.05) is 24.6 Å². The van der Waals surface area contributed by atoms with E-state index in [9.17, 15) is 13.9 Å². The smallest absolute Gasteiger partial charge is 0.168 e. The Hall–Kier alpha value is -1.43. The Morgan fingerprint density at radius 1 is 1.26 bits per heavy atom. The average Bonchev–Trinajstić information content (AvgIpc) is 3.17. The van der Waals surface area contributed by atoms with Gasteiger partial charge in [-0.2, -0.15) is 0 Å². The van der Waals surface area contributed by atoms with Crippen LogP contribution in [-0.2, 0) is 0 Å². The zero-order chi connectivity index (χ0) is 13.9. The summed E-state index contributed by atoms with van der Waals surface area (Å²) < 4.78 is 27.1. The highest BCUT2D eigenvalue weighted by atomic mass is 19.1. The standard InChI is InChI=1S/C13H19F2N3O/c1-2-5-16-11-9(14)6-10(15)12(18-11)17-7-13(8-19)3-4-13/h6,19H,2-5,7-8H2,1H3,(H2,16,17,18). The van der Waals surface area contributed by atoms with E-state index in [1.165, 1.54) is 0 Å². The van der Waals surface area contributed by atoms with Crippen molar-refractivity contribution in [3.05, 3.63) is 17.7 Å². The zero-order valence-corrected chi connectivity index (χ0v) is 11.0. The summed E-state index contributed by atoms with van der Waals surface area (Å²) in [5, 5.41) is 14.9. The van der Waals surface area contributed by atoms with Gasteiger partial charge in [-0.3, -0.25) is 0 Å². The Bertz CT molecular complexity index is 450. The highest BCUT2D eigenvalue weighted by Gasteiger charge is 2.41. The number of pyridine rings is 1. The topological polar surface area (TPSA) is 57.2 Å². The molecule has 0 unspecified atom stereocenters. The highest BCUT2D eigenvalue weighted by Crippen LogP contribution is 2.44. The van der Waals surface area contributed by atoms with E-state index >= 15 is 0 Å². The second-order valence-corrected chi connectivity index (χ2v) is 5.09. The third-order valence-corrected chi connectivity index (χ3v) is 3.40. The molecule has 1 aromatic rings. The van der Waals surface area contributed by atoms with E-state index in [-0.39, 0.29) is 23.7 Å². The van der Waals surface area contributed by atoms with Crippen LogP contribution in [0, 0.1) is 17.0 Å². The maximum Gasteiger partial charge on any atom is 0.168 e. The average molecular weight is 271 g/mol. The van der Waals surface area contributed by atoms with Crippen LogP contribution in [0.2, 0.25) is 0 Å². The zero-order valence-electron chi connectivity index (χ0n) is 11.0. The van der Waals surface area contributed by atoms with Gasteiger partial charge in [0.25, 0.3) is 0 Å². The van der Waals surface area contributed by atoms with Crippen molar-refractivity contribution in [3.63, 3.8) is 0 Å². The molecule has 1 aliphatic rings. The van der Waals surface area contributed by atoms with Gasteiger partial charge in [-0.05, 0) is 19.3 Å². The quantitative estimate of drug-likeness (QED) is 0.712. The number of nitrogens with zero attached hydrogens (tertiary/aromatic N) is 1. The molecular weight excluding hydrogens is 252 g/mol. The number of hydrogen-bond donors (Lipinski definition) is 3.